The Hall–Kier alpha value is -1.01. The molecule has 0 aromatic heterocycles. The molecular weight excluding hydrogens is 416 g/mol. The van der Waals surface area contributed by atoms with Gasteiger partial charge in [-0.25, -0.2) is 0 Å². The lowest BCUT2D eigenvalue weighted by atomic mass is 9.46. The standard InChI is InChI=1S/C28H44O5/c1-15(2)16(3)11-22(29)17(4)18-8-10-28(33)20-12-23(30)21-13-24(31)25(32)14-26(21,5)19(20)7-9-27(18,28)6/h12,15-16,18-19,21-22,24-25,29,31-33H,4,7-11,13-14H2,1-3,5-6H3/t16?,18?,19-,21-,22+,24+,25-,26+,27+,28+/m0/s1. The highest BCUT2D eigenvalue weighted by atomic mass is 16.3. The maximum absolute atomic E-state index is 13.2. The highest BCUT2D eigenvalue weighted by Crippen LogP contribution is 2.68. The van der Waals surface area contributed by atoms with Gasteiger partial charge in [-0.05, 0) is 91.3 Å². The summed E-state index contributed by atoms with van der Waals surface area (Å²) in [5.74, 6) is 0.528. The number of hydrogen-bond donors (Lipinski definition) is 4. The summed E-state index contributed by atoms with van der Waals surface area (Å²) in [6.07, 6.45) is 3.64. The highest BCUT2D eigenvalue weighted by Gasteiger charge is 2.66. The number of fused-ring (bicyclic) bond motifs is 5. The van der Waals surface area contributed by atoms with Gasteiger partial charge in [0.05, 0.1) is 23.9 Å². The number of carbonyl (C=O) groups excluding carboxylic acids is 1. The highest BCUT2D eigenvalue weighted by molar-refractivity contribution is 5.95. The molecule has 0 amide bonds. The van der Waals surface area contributed by atoms with Gasteiger partial charge in [0.25, 0.3) is 0 Å². The van der Waals surface area contributed by atoms with E-state index in [9.17, 15) is 25.2 Å². The minimum absolute atomic E-state index is 0.00175. The SMILES string of the molecule is C=C(C1CC[C@@]2(O)C3=CC(=O)[C@@H]4C[C@@H](O)[C@@H](O)C[C@]4(C)[C@H]3CC[C@]12C)[C@H](O)CC(C)C(C)C. The molecule has 0 aliphatic heterocycles. The quantitative estimate of drug-likeness (QED) is 0.468. The molecule has 0 aromatic carbocycles. The van der Waals surface area contributed by atoms with Crippen molar-refractivity contribution < 1.29 is 25.2 Å². The van der Waals surface area contributed by atoms with Crippen LogP contribution in [0.1, 0.15) is 79.6 Å². The van der Waals surface area contributed by atoms with Gasteiger partial charge in [-0.15, -0.1) is 0 Å². The van der Waals surface area contributed by atoms with E-state index < -0.39 is 34.7 Å². The van der Waals surface area contributed by atoms with E-state index in [1.54, 1.807) is 6.08 Å². The Balaban J connectivity index is 1.65. The molecule has 4 aliphatic rings. The summed E-state index contributed by atoms with van der Waals surface area (Å²) in [7, 11) is 0. The number of rotatable bonds is 5. The molecule has 2 unspecified atom stereocenters. The number of ketones is 1. The third-order valence-corrected chi connectivity index (χ3v) is 10.7. The van der Waals surface area contributed by atoms with E-state index in [0.717, 1.165) is 30.4 Å². The van der Waals surface area contributed by atoms with Crippen molar-refractivity contribution in [3.05, 3.63) is 23.8 Å². The van der Waals surface area contributed by atoms with Gasteiger partial charge in [0, 0.05) is 11.3 Å². The average Bonchev–Trinajstić information content (AvgIpc) is 3.01. The average molecular weight is 461 g/mol. The van der Waals surface area contributed by atoms with Crippen LogP contribution in [0, 0.1) is 40.4 Å². The molecular formula is C28H44O5. The molecule has 3 fully saturated rings. The maximum Gasteiger partial charge on any atom is 0.159 e. The van der Waals surface area contributed by atoms with Crippen LogP contribution in [0.3, 0.4) is 0 Å². The molecule has 10 atom stereocenters. The van der Waals surface area contributed by atoms with Crippen LogP contribution in [0.2, 0.25) is 0 Å². The van der Waals surface area contributed by atoms with Crippen LogP contribution in [0.5, 0.6) is 0 Å². The van der Waals surface area contributed by atoms with Gasteiger partial charge in [-0.1, -0.05) is 41.2 Å². The third-order valence-electron chi connectivity index (χ3n) is 10.7. The molecule has 3 saturated carbocycles. The normalized spacial score (nSPS) is 46.8. The number of carbonyl (C=O) groups is 1. The third kappa shape index (κ3) is 3.61. The zero-order chi connectivity index (χ0) is 24.5. The Kier molecular flexibility index (Phi) is 6.30. The Bertz CT molecular complexity index is 847. The molecule has 0 aromatic rings. The molecule has 0 radical (unpaired) electrons. The Morgan fingerprint density at radius 3 is 2.42 bits per heavy atom. The van der Waals surface area contributed by atoms with Crippen LogP contribution >= 0.6 is 0 Å². The van der Waals surface area contributed by atoms with Crippen LogP contribution in [-0.2, 0) is 4.79 Å². The largest absolute Gasteiger partial charge is 0.390 e. The van der Waals surface area contributed by atoms with Gasteiger partial charge in [-0.3, -0.25) is 4.79 Å². The van der Waals surface area contributed by atoms with Crippen molar-refractivity contribution in [3.63, 3.8) is 0 Å². The molecule has 4 rings (SSSR count). The first kappa shape index (κ1) is 25.1. The zero-order valence-corrected chi connectivity index (χ0v) is 21.1. The van der Waals surface area contributed by atoms with Crippen LogP contribution in [0.15, 0.2) is 23.8 Å². The number of aliphatic hydroxyl groups excluding tert-OH is 3. The van der Waals surface area contributed by atoms with Crippen LogP contribution in [0.4, 0.5) is 0 Å². The zero-order valence-electron chi connectivity index (χ0n) is 21.1. The molecule has 0 bridgehead atoms. The van der Waals surface area contributed by atoms with Crippen LogP contribution in [0.25, 0.3) is 0 Å². The van der Waals surface area contributed by atoms with Gasteiger partial charge < -0.3 is 20.4 Å². The Morgan fingerprint density at radius 1 is 1.12 bits per heavy atom. The predicted octanol–water partition coefficient (Wildman–Crippen LogP) is 3.79. The van der Waals surface area contributed by atoms with E-state index in [1.807, 2.05) is 0 Å². The molecule has 33 heavy (non-hydrogen) atoms. The lowest BCUT2D eigenvalue weighted by Gasteiger charge is -2.60. The lowest BCUT2D eigenvalue weighted by molar-refractivity contribution is -0.151. The van der Waals surface area contributed by atoms with E-state index in [2.05, 4.69) is 41.2 Å². The number of hydrogen-bond acceptors (Lipinski definition) is 5. The van der Waals surface area contributed by atoms with E-state index in [0.29, 0.717) is 31.1 Å². The number of allylic oxidation sites excluding steroid dienone is 1. The summed E-state index contributed by atoms with van der Waals surface area (Å²) >= 11 is 0. The second-order valence-corrected chi connectivity index (χ2v) is 12.6. The van der Waals surface area contributed by atoms with E-state index in [4.69, 9.17) is 0 Å². The van der Waals surface area contributed by atoms with Crippen molar-refractivity contribution >= 4 is 5.78 Å². The number of aliphatic hydroxyl groups is 4. The van der Waals surface area contributed by atoms with E-state index in [1.165, 1.54) is 0 Å². The molecule has 0 spiro atoms. The van der Waals surface area contributed by atoms with Crippen LogP contribution in [-0.4, -0.2) is 50.1 Å². The topological polar surface area (TPSA) is 98.0 Å². The fourth-order valence-corrected chi connectivity index (χ4v) is 7.97. The first-order chi connectivity index (χ1) is 15.3. The van der Waals surface area contributed by atoms with Gasteiger partial charge in [0.15, 0.2) is 5.78 Å². The molecule has 5 heteroatoms. The van der Waals surface area contributed by atoms with Crippen molar-refractivity contribution in [1.82, 2.24) is 0 Å². The first-order valence-electron chi connectivity index (χ1n) is 13.0. The summed E-state index contributed by atoms with van der Waals surface area (Å²) in [4.78, 5) is 13.2. The van der Waals surface area contributed by atoms with E-state index >= 15 is 0 Å². The second kappa shape index (κ2) is 8.29. The predicted molar refractivity (Wildman–Crippen MR) is 128 cm³/mol. The Labute approximate surface area is 199 Å². The molecule has 186 valence electrons. The van der Waals surface area contributed by atoms with Crippen molar-refractivity contribution in [2.45, 2.75) is 103 Å². The van der Waals surface area contributed by atoms with Crippen molar-refractivity contribution in [2.24, 2.45) is 40.4 Å². The summed E-state index contributed by atoms with van der Waals surface area (Å²) in [6.45, 7) is 15.0. The van der Waals surface area contributed by atoms with Gasteiger partial charge in [0.1, 0.15) is 0 Å². The molecule has 0 saturated heterocycles. The maximum atomic E-state index is 13.2. The molecule has 0 heterocycles. The molecule has 4 aliphatic carbocycles. The summed E-state index contributed by atoms with van der Waals surface area (Å²) in [5, 5.41) is 43.9. The van der Waals surface area contributed by atoms with Crippen molar-refractivity contribution in [2.75, 3.05) is 0 Å². The van der Waals surface area contributed by atoms with Gasteiger partial charge in [0.2, 0.25) is 0 Å². The minimum Gasteiger partial charge on any atom is -0.390 e. The summed E-state index contributed by atoms with van der Waals surface area (Å²) in [6, 6.07) is 0. The second-order valence-electron chi connectivity index (χ2n) is 12.6. The van der Waals surface area contributed by atoms with Crippen LogP contribution < -0.4 is 0 Å². The first-order valence-corrected chi connectivity index (χ1v) is 13.0. The van der Waals surface area contributed by atoms with E-state index in [-0.39, 0.29) is 30.0 Å². The monoisotopic (exact) mass is 460 g/mol. The Morgan fingerprint density at radius 2 is 1.79 bits per heavy atom. The summed E-state index contributed by atoms with van der Waals surface area (Å²) < 4.78 is 0. The molecule has 5 nitrogen and oxygen atoms in total. The fraction of sp³-hybridized carbons (Fsp3) is 0.821. The van der Waals surface area contributed by atoms with Crippen molar-refractivity contribution in [3.8, 4) is 0 Å². The van der Waals surface area contributed by atoms with Gasteiger partial charge >= 0.3 is 0 Å². The lowest BCUT2D eigenvalue weighted by Crippen LogP contribution is -2.60. The van der Waals surface area contributed by atoms with Crippen molar-refractivity contribution in [1.29, 1.82) is 0 Å². The smallest absolute Gasteiger partial charge is 0.159 e. The minimum atomic E-state index is -1.11. The van der Waals surface area contributed by atoms with Gasteiger partial charge in [-0.2, -0.15) is 0 Å². The summed E-state index contributed by atoms with van der Waals surface area (Å²) in [5.41, 5.74) is -0.410. The fourth-order valence-electron chi connectivity index (χ4n) is 7.97. The molecule has 4 N–H and O–H groups in total.